The van der Waals surface area contributed by atoms with E-state index in [1.807, 2.05) is 0 Å². The smallest absolute Gasteiger partial charge is 0.136 e. The lowest BCUT2D eigenvalue weighted by Gasteiger charge is -2.14. The first-order valence-corrected chi connectivity index (χ1v) is 4.60. The van der Waals surface area contributed by atoms with Crippen LogP contribution in [0.2, 0.25) is 0 Å². The summed E-state index contributed by atoms with van der Waals surface area (Å²) in [5, 5.41) is 0. The van der Waals surface area contributed by atoms with E-state index in [1.54, 1.807) is 0 Å². The number of carbonyl (C=O) groups excluding carboxylic acids is 1. The van der Waals surface area contributed by atoms with Gasteiger partial charge in [-0.25, -0.2) is 0 Å². The first-order valence-electron chi connectivity index (χ1n) is 4.60. The molecule has 2 unspecified atom stereocenters. The van der Waals surface area contributed by atoms with Crippen LogP contribution >= 0.6 is 0 Å². The molecule has 0 amide bonds. The molecule has 2 fully saturated rings. The van der Waals surface area contributed by atoms with Crippen molar-refractivity contribution < 1.29 is 4.79 Å². The van der Waals surface area contributed by atoms with Crippen molar-refractivity contribution in [1.29, 1.82) is 0 Å². The van der Waals surface area contributed by atoms with Crippen LogP contribution in [0.1, 0.15) is 33.6 Å². The third-order valence-electron chi connectivity index (χ3n) is 3.94. The van der Waals surface area contributed by atoms with Gasteiger partial charge in [0.05, 0.1) is 0 Å². The predicted molar refractivity (Wildman–Crippen MR) is 44.2 cm³/mol. The fourth-order valence-electron chi connectivity index (χ4n) is 2.81. The largest absolute Gasteiger partial charge is 0.299 e. The molecule has 11 heavy (non-hydrogen) atoms. The lowest BCUT2D eigenvalue weighted by Crippen LogP contribution is -2.10. The normalized spacial score (nSPS) is 48.2. The van der Waals surface area contributed by atoms with Gasteiger partial charge in [-0.05, 0) is 23.7 Å². The number of carbonyl (C=O) groups is 1. The number of fused-ring (bicyclic) bond motifs is 1. The Bertz CT molecular complexity index is 207. The maximum atomic E-state index is 11.3. The SMILES string of the molecule is CC(C)C12CC(=O)[C@@H](C)C1C2. The summed E-state index contributed by atoms with van der Waals surface area (Å²) in [5.74, 6) is 2.34. The van der Waals surface area contributed by atoms with Gasteiger partial charge in [-0.3, -0.25) is 4.79 Å². The molecule has 0 saturated heterocycles. The molecule has 0 heterocycles. The molecule has 1 heteroatoms. The minimum absolute atomic E-state index is 0.373. The van der Waals surface area contributed by atoms with E-state index in [2.05, 4.69) is 20.8 Å². The number of hydrogen-bond donors (Lipinski definition) is 0. The van der Waals surface area contributed by atoms with Gasteiger partial charge in [0, 0.05) is 12.3 Å². The van der Waals surface area contributed by atoms with Gasteiger partial charge in [0.25, 0.3) is 0 Å². The van der Waals surface area contributed by atoms with Gasteiger partial charge in [-0.2, -0.15) is 0 Å². The molecule has 1 nitrogen and oxygen atoms in total. The van der Waals surface area contributed by atoms with Crippen LogP contribution in [0.25, 0.3) is 0 Å². The Labute approximate surface area is 68.2 Å². The molecule has 2 aliphatic rings. The Morgan fingerprint density at radius 1 is 1.55 bits per heavy atom. The lowest BCUT2D eigenvalue weighted by molar-refractivity contribution is -0.121. The van der Waals surface area contributed by atoms with Crippen molar-refractivity contribution in [1.82, 2.24) is 0 Å². The molecule has 3 atom stereocenters. The highest BCUT2D eigenvalue weighted by molar-refractivity contribution is 5.86. The van der Waals surface area contributed by atoms with E-state index in [1.165, 1.54) is 6.42 Å². The molecule has 2 rings (SSSR count). The maximum absolute atomic E-state index is 11.3. The Balaban J connectivity index is 2.20. The van der Waals surface area contributed by atoms with Crippen molar-refractivity contribution in [2.75, 3.05) is 0 Å². The van der Waals surface area contributed by atoms with E-state index in [0.29, 0.717) is 23.0 Å². The van der Waals surface area contributed by atoms with Crippen LogP contribution in [-0.4, -0.2) is 5.78 Å². The summed E-state index contributed by atoms with van der Waals surface area (Å²) < 4.78 is 0. The van der Waals surface area contributed by atoms with E-state index in [9.17, 15) is 4.79 Å². The second kappa shape index (κ2) is 1.88. The molecule has 62 valence electrons. The van der Waals surface area contributed by atoms with Crippen LogP contribution in [0.3, 0.4) is 0 Å². The summed E-state index contributed by atoms with van der Waals surface area (Å²) in [4.78, 5) is 11.3. The summed E-state index contributed by atoms with van der Waals surface area (Å²) in [7, 11) is 0. The Morgan fingerprint density at radius 2 is 2.18 bits per heavy atom. The minimum Gasteiger partial charge on any atom is -0.299 e. The zero-order valence-electron chi connectivity index (χ0n) is 7.55. The standard InChI is InChI=1S/C10H16O/c1-6(2)10-4-8(10)7(3)9(11)5-10/h6-8H,4-5H2,1-3H3/t7-,8?,10?/m0/s1. The molecular weight excluding hydrogens is 136 g/mol. The average molecular weight is 152 g/mol. The van der Waals surface area contributed by atoms with Gasteiger partial charge < -0.3 is 0 Å². The molecule has 0 spiro atoms. The first-order chi connectivity index (χ1) is 5.08. The summed E-state index contributed by atoms with van der Waals surface area (Å²) in [6, 6.07) is 0. The third kappa shape index (κ3) is 0.743. The summed E-state index contributed by atoms with van der Waals surface area (Å²) >= 11 is 0. The highest BCUT2D eigenvalue weighted by Gasteiger charge is 2.64. The average Bonchev–Trinajstić information content (AvgIpc) is 2.57. The topological polar surface area (TPSA) is 17.1 Å². The molecule has 0 aromatic carbocycles. The molecule has 0 bridgehead atoms. The summed E-state index contributed by atoms with van der Waals surface area (Å²) in [6.07, 6.45) is 2.19. The maximum Gasteiger partial charge on any atom is 0.136 e. The van der Waals surface area contributed by atoms with E-state index >= 15 is 0 Å². The fraction of sp³-hybridized carbons (Fsp3) is 0.900. The highest BCUT2D eigenvalue weighted by Crippen LogP contribution is 2.68. The number of hydrogen-bond acceptors (Lipinski definition) is 1. The summed E-state index contributed by atoms with van der Waals surface area (Å²) in [5.41, 5.74) is 0.455. The predicted octanol–water partition coefficient (Wildman–Crippen LogP) is 2.26. The van der Waals surface area contributed by atoms with Crippen molar-refractivity contribution in [3.8, 4) is 0 Å². The van der Waals surface area contributed by atoms with Crippen LogP contribution in [0.4, 0.5) is 0 Å². The number of Topliss-reactive ketones (excluding diaryl/α,β-unsaturated/α-hetero) is 1. The molecule has 2 aliphatic carbocycles. The Kier molecular flexibility index (Phi) is 1.25. The van der Waals surface area contributed by atoms with Crippen molar-refractivity contribution in [2.24, 2.45) is 23.2 Å². The van der Waals surface area contributed by atoms with Crippen molar-refractivity contribution >= 4 is 5.78 Å². The van der Waals surface area contributed by atoms with E-state index in [0.717, 1.165) is 12.3 Å². The van der Waals surface area contributed by atoms with Crippen LogP contribution in [0.5, 0.6) is 0 Å². The Morgan fingerprint density at radius 3 is 2.45 bits per heavy atom. The fourth-order valence-corrected chi connectivity index (χ4v) is 2.81. The van der Waals surface area contributed by atoms with Gasteiger partial charge >= 0.3 is 0 Å². The second-order valence-corrected chi connectivity index (χ2v) is 4.63. The molecule has 0 N–H and O–H groups in total. The van der Waals surface area contributed by atoms with Crippen molar-refractivity contribution in [3.63, 3.8) is 0 Å². The monoisotopic (exact) mass is 152 g/mol. The van der Waals surface area contributed by atoms with Crippen molar-refractivity contribution in [2.45, 2.75) is 33.6 Å². The van der Waals surface area contributed by atoms with Gasteiger partial charge in [-0.1, -0.05) is 20.8 Å². The second-order valence-electron chi connectivity index (χ2n) is 4.63. The molecule has 0 aromatic heterocycles. The van der Waals surface area contributed by atoms with Gasteiger partial charge in [-0.15, -0.1) is 0 Å². The van der Waals surface area contributed by atoms with Crippen LogP contribution < -0.4 is 0 Å². The van der Waals surface area contributed by atoms with Crippen LogP contribution in [-0.2, 0) is 4.79 Å². The lowest BCUT2D eigenvalue weighted by atomic mass is 9.90. The number of rotatable bonds is 1. The summed E-state index contributed by atoms with van der Waals surface area (Å²) in [6.45, 7) is 6.61. The zero-order chi connectivity index (χ0) is 8.22. The van der Waals surface area contributed by atoms with E-state index in [4.69, 9.17) is 0 Å². The van der Waals surface area contributed by atoms with E-state index < -0.39 is 0 Å². The van der Waals surface area contributed by atoms with Crippen molar-refractivity contribution in [3.05, 3.63) is 0 Å². The molecule has 0 aliphatic heterocycles. The highest BCUT2D eigenvalue weighted by atomic mass is 16.1. The molecule has 0 radical (unpaired) electrons. The van der Waals surface area contributed by atoms with Crippen LogP contribution in [0.15, 0.2) is 0 Å². The molecular formula is C10H16O. The first kappa shape index (κ1) is 7.33. The van der Waals surface area contributed by atoms with Gasteiger partial charge in [0.2, 0.25) is 0 Å². The molecule has 2 saturated carbocycles. The van der Waals surface area contributed by atoms with Gasteiger partial charge in [0.1, 0.15) is 5.78 Å². The van der Waals surface area contributed by atoms with E-state index in [-0.39, 0.29) is 0 Å². The zero-order valence-corrected chi connectivity index (χ0v) is 7.55. The molecule has 0 aromatic rings. The van der Waals surface area contributed by atoms with Gasteiger partial charge in [0.15, 0.2) is 0 Å². The third-order valence-corrected chi connectivity index (χ3v) is 3.94. The number of ketones is 1. The minimum atomic E-state index is 0.373. The van der Waals surface area contributed by atoms with Crippen LogP contribution in [0, 0.1) is 23.2 Å². The Hall–Kier alpha value is -0.330. The quantitative estimate of drug-likeness (QED) is 0.563.